The maximum absolute atomic E-state index is 12.4. The van der Waals surface area contributed by atoms with Crippen molar-refractivity contribution in [2.45, 2.75) is 53.3 Å². The molecule has 2 aromatic rings. The van der Waals surface area contributed by atoms with Crippen LogP contribution in [0.1, 0.15) is 48.6 Å². The predicted octanol–water partition coefficient (Wildman–Crippen LogP) is 5.97. The number of alkyl halides is 2. The van der Waals surface area contributed by atoms with Gasteiger partial charge in [0, 0.05) is 6.08 Å². The molecule has 162 valence electrons. The van der Waals surface area contributed by atoms with E-state index >= 15 is 0 Å². The molecule has 0 aliphatic carbocycles. The Balaban J connectivity index is 2.05. The maximum Gasteiger partial charge on any atom is 0.387 e. The summed E-state index contributed by atoms with van der Waals surface area (Å²) < 4.78 is 39.6. The van der Waals surface area contributed by atoms with Gasteiger partial charge in [-0.2, -0.15) is 8.78 Å². The Morgan fingerprint density at radius 1 is 1.07 bits per heavy atom. The van der Waals surface area contributed by atoms with Gasteiger partial charge in [-0.25, -0.2) is 4.79 Å². The minimum Gasteiger partial charge on any atom is -0.493 e. The summed E-state index contributed by atoms with van der Waals surface area (Å²) in [7, 11) is 1.35. The molecule has 0 radical (unpaired) electrons. The van der Waals surface area contributed by atoms with E-state index in [1.54, 1.807) is 6.07 Å². The van der Waals surface area contributed by atoms with Crippen LogP contribution < -0.4 is 9.47 Å². The molecule has 0 aromatic heterocycles. The van der Waals surface area contributed by atoms with Gasteiger partial charge in [0.05, 0.1) is 7.11 Å². The number of esters is 1. The van der Waals surface area contributed by atoms with Crippen LogP contribution in [0.3, 0.4) is 0 Å². The summed E-state index contributed by atoms with van der Waals surface area (Å²) in [5.41, 5.74) is 5.02. The van der Waals surface area contributed by atoms with Gasteiger partial charge in [-0.1, -0.05) is 39.0 Å². The largest absolute Gasteiger partial charge is 0.493 e. The molecule has 0 amide bonds. The van der Waals surface area contributed by atoms with E-state index in [0.29, 0.717) is 5.56 Å². The highest BCUT2D eigenvalue weighted by Crippen LogP contribution is 2.30. The Kier molecular flexibility index (Phi) is 7.59. The number of hydrogen-bond donors (Lipinski definition) is 0. The van der Waals surface area contributed by atoms with Crippen molar-refractivity contribution in [1.82, 2.24) is 0 Å². The first-order valence-electron chi connectivity index (χ1n) is 9.59. The second-order valence-electron chi connectivity index (χ2n) is 8.07. The van der Waals surface area contributed by atoms with Crippen molar-refractivity contribution in [3.05, 3.63) is 64.2 Å². The third-order valence-electron chi connectivity index (χ3n) is 4.74. The molecule has 0 aliphatic heterocycles. The lowest BCUT2D eigenvalue weighted by molar-refractivity contribution is -0.138. The van der Waals surface area contributed by atoms with E-state index in [4.69, 9.17) is 9.47 Å². The molecule has 0 saturated heterocycles. The lowest BCUT2D eigenvalue weighted by Crippen LogP contribution is -2.13. The monoisotopic (exact) mass is 418 g/mol. The SMILES string of the molecule is COc1cc(C=CC(=O)OCc2c(C)cc(C(C)(C)C)cc2C)ccc1OC(F)F. The summed E-state index contributed by atoms with van der Waals surface area (Å²) >= 11 is 0. The van der Waals surface area contributed by atoms with Crippen molar-refractivity contribution >= 4 is 12.0 Å². The number of ether oxygens (including phenoxy) is 3. The molecular formula is C24H28F2O4. The second-order valence-corrected chi connectivity index (χ2v) is 8.07. The van der Waals surface area contributed by atoms with Crippen molar-refractivity contribution in [3.63, 3.8) is 0 Å². The number of hydrogen-bond acceptors (Lipinski definition) is 4. The van der Waals surface area contributed by atoms with Crippen molar-refractivity contribution in [2.75, 3.05) is 7.11 Å². The Bertz CT molecular complexity index is 904. The van der Waals surface area contributed by atoms with Crippen molar-refractivity contribution in [1.29, 1.82) is 0 Å². The zero-order valence-electron chi connectivity index (χ0n) is 18.2. The molecule has 0 heterocycles. The van der Waals surface area contributed by atoms with E-state index in [9.17, 15) is 13.6 Å². The van der Waals surface area contributed by atoms with Gasteiger partial charge in [0.1, 0.15) is 6.61 Å². The highest BCUT2D eigenvalue weighted by atomic mass is 19.3. The van der Waals surface area contributed by atoms with Crippen LogP contribution in [0.25, 0.3) is 6.08 Å². The van der Waals surface area contributed by atoms with Gasteiger partial charge in [-0.15, -0.1) is 0 Å². The molecule has 2 rings (SSSR count). The Hall–Kier alpha value is -2.89. The van der Waals surface area contributed by atoms with E-state index in [-0.39, 0.29) is 23.5 Å². The fraction of sp³-hybridized carbons (Fsp3) is 0.375. The van der Waals surface area contributed by atoms with Gasteiger partial charge in [-0.05, 0) is 65.3 Å². The minimum atomic E-state index is -2.94. The van der Waals surface area contributed by atoms with Crippen LogP contribution in [-0.2, 0) is 21.6 Å². The topological polar surface area (TPSA) is 44.8 Å². The summed E-state index contributed by atoms with van der Waals surface area (Å²) in [5, 5.41) is 0. The number of rotatable bonds is 7. The van der Waals surface area contributed by atoms with Crippen LogP contribution in [-0.4, -0.2) is 19.7 Å². The molecule has 6 heteroatoms. The fourth-order valence-electron chi connectivity index (χ4n) is 2.99. The molecule has 0 aliphatic rings. The maximum atomic E-state index is 12.4. The molecule has 2 aromatic carbocycles. The third kappa shape index (κ3) is 6.31. The number of methoxy groups -OCH3 is 1. The summed E-state index contributed by atoms with van der Waals surface area (Å²) in [5.74, 6) is -0.423. The molecular weight excluding hydrogens is 390 g/mol. The fourth-order valence-corrected chi connectivity index (χ4v) is 2.99. The second kappa shape index (κ2) is 9.74. The highest BCUT2D eigenvalue weighted by Gasteiger charge is 2.17. The summed E-state index contributed by atoms with van der Waals surface area (Å²) in [6.45, 7) is 7.73. The van der Waals surface area contributed by atoms with Crippen molar-refractivity contribution in [3.8, 4) is 11.5 Å². The van der Waals surface area contributed by atoms with Crippen molar-refractivity contribution < 1.29 is 27.8 Å². The average molecular weight is 418 g/mol. The van der Waals surface area contributed by atoms with Crippen LogP contribution in [0, 0.1) is 13.8 Å². The quantitative estimate of drug-likeness (QED) is 0.411. The van der Waals surface area contributed by atoms with Gasteiger partial charge in [0.15, 0.2) is 11.5 Å². The molecule has 0 spiro atoms. The summed E-state index contributed by atoms with van der Waals surface area (Å²) in [6, 6.07) is 8.66. The molecule has 30 heavy (non-hydrogen) atoms. The number of benzene rings is 2. The van der Waals surface area contributed by atoms with Crippen LogP contribution in [0.4, 0.5) is 8.78 Å². The molecule has 0 N–H and O–H groups in total. The Labute approximate surface area is 176 Å². The first-order valence-corrected chi connectivity index (χ1v) is 9.59. The Morgan fingerprint density at radius 3 is 2.23 bits per heavy atom. The number of carbonyl (C=O) groups is 1. The smallest absolute Gasteiger partial charge is 0.387 e. The first-order chi connectivity index (χ1) is 14.0. The van der Waals surface area contributed by atoms with Crippen LogP contribution in [0.2, 0.25) is 0 Å². The lowest BCUT2D eigenvalue weighted by atomic mass is 9.84. The normalized spacial score (nSPS) is 11.8. The van der Waals surface area contributed by atoms with E-state index in [0.717, 1.165) is 16.7 Å². The predicted molar refractivity (Wildman–Crippen MR) is 113 cm³/mol. The standard InChI is InChI=1S/C24H28F2O4/c1-15-11-18(24(3,4)5)12-16(2)19(15)14-29-22(27)10-8-17-7-9-20(30-23(25)26)21(13-17)28-6/h7-13,23H,14H2,1-6H3. The van der Waals surface area contributed by atoms with Gasteiger partial charge in [0.25, 0.3) is 0 Å². The molecule has 0 saturated carbocycles. The molecule has 4 nitrogen and oxygen atoms in total. The Morgan fingerprint density at radius 2 is 1.70 bits per heavy atom. The van der Waals surface area contributed by atoms with E-state index in [1.165, 1.54) is 37.0 Å². The zero-order valence-corrected chi connectivity index (χ0v) is 18.2. The molecule has 0 fully saturated rings. The number of carbonyl (C=O) groups excluding carboxylic acids is 1. The average Bonchev–Trinajstić information content (AvgIpc) is 2.65. The third-order valence-corrected chi connectivity index (χ3v) is 4.74. The van der Waals surface area contributed by atoms with Gasteiger partial charge in [-0.3, -0.25) is 0 Å². The minimum absolute atomic E-state index is 0.0461. The van der Waals surface area contributed by atoms with Gasteiger partial charge >= 0.3 is 12.6 Å². The number of aryl methyl sites for hydroxylation is 2. The van der Waals surface area contributed by atoms with Crippen molar-refractivity contribution in [2.24, 2.45) is 0 Å². The zero-order chi connectivity index (χ0) is 22.5. The number of halogens is 2. The van der Waals surface area contributed by atoms with Crippen LogP contribution in [0.15, 0.2) is 36.4 Å². The van der Waals surface area contributed by atoms with Gasteiger partial charge < -0.3 is 14.2 Å². The first kappa shape index (κ1) is 23.4. The lowest BCUT2D eigenvalue weighted by Gasteiger charge is -2.22. The molecule has 0 bridgehead atoms. The highest BCUT2D eigenvalue weighted by molar-refractivity contribution is 5.87. The van der Waals surface area contributed by atoms with E-state index in [2.05, 4.69) is 37.6 Å². The summed E-state index contributed by atoms with van der Waals surface area (Å²) in [6.07, 6.45) is 2.82. The van der Waals surface area contributed by atoms with Crippen LogP contribution >= 0.6 is 0 Å². The van der Waals surface area contributed by atoms with E-state index in [1.807, 2.05) is 13.8 Å². The van der Waals surface area contributed by atoms with Gasteiger partial charge in [0.2, 0.25) is 0 Å². The molecule has 0 unspecified atom stereocenters. The molecule has 0 atom stereocenters. The van der Waals surface area contributed by atoms with E-state index < -0.39 is 12.6 Å². The van der Waals surface area contributed by atoms with Crippen LogP contribution in [0.5, 0.6) is 11.5 Å². The summed E-state index contributed by atoms with van der Waals surface area (Å²) in [4.78, 5) is 12.1.